The van der Waals surface area contributed by atoms with E-state index in [4.69, 9.17) is 0 Å². The van der Waals surface area contributed by atoms with E-state index in [1.54, 1.807) is 6.92 Å². The zero-order valence-corrected chi connectivity index (χ0v) is 6.48. The first-order valence-corrected chi connectivity index (χ1v) is 2.83. The third-order valence-corrected chi connectivity index (χ3v) is 0.835. The second-order valence-electron chi connectivity index (χ2n) is 1.72. The number of nitrogens with one attached hydrogen (secondary N) is 1. The summed E-state index contributed by atoms with van der Waals surface area (Å²) in [5.41, 5.74) is 0. The van der Waals surface area contributed by atoms with Crippen LogP contribution in [0.3, 0.4) is 0 Å². The molecule has 10 heavy (non-hydrogen) atoms. The number of alkyl halides is 3. The molecule has 0 saturated heterocycles. The Labute approximate surface area is 64.4 Å². The van der Waals surface area contributed by atoms with E-state index < -0.39 is 12.6 Å². The van der Waals surface area contributed by atoms with Crippen LogP contribution in [0.4, 0.5) is 13.2 Å². The maximum atomic E-state index is 11.3. The highest BCUT2D eigenvalue weighted by molar-refractivity contribution is 5.85. The van der Waals surface area contributed by atoms with Gasteiger partial charge in [0.05, 0.1) is 6.42 Å². The first kappa shape index (κ1) is 12.7. The van der Waals surface area contributed by atoms with Crippen LogP contribution in [-0.4, -0.2) is 19.3 Å². The molecule has 64 valence electrons. The molecule has 0 aliphatic heterocycles. The van der Waals surface area contributed by atoms with Crippen LogP contribution in [0.25, 0.3) is 0 Å². The molecular weight excluding hydrogens is 167 g/mol. The second kappa shape index (κ2) is 5.80. The molecule has 0 amide bonds. The smallest absolute Gasteiger partial charge is 0.317 e. The van der Waals surface area contributed by atoms with E-state index in [1.807, 2.05) is 0 Å². The van der Waals surface area contributed by atoms with Crippen LogP contribution in [0, 0.1) is 0 Å². The standard InChI is InChI=1S/C5H10F3N.ClH/c1-2-9-4-3-5(6,7)8;/h9H,2-4H2,1H3;1H. The van der Waals surface area contributed by atoms with E-state index in [-0.39, 0.29) is 19.0 Å². The summed E-state index contributed by atoms with van der Waals surface area (Å²) in [5, 5.41) is 2.58. The Hall–Kier alpha value is 0.0400. The van der Waals surface area contributed by atoms with E-state index in [2.05, 4.69) is 5.32 Å². The zero-order chi connectivity index (χ0) is 7.33. The van der Waals surface area contributed by atoms with Gasteiger partial charge in [-0.25, -0.2) is 0 Å². The average Bonchev–Trinajstić information content (AvgIpc) is 1.63. The van der Waals surface area contributed by atoms with Crippen molar-refractivity contribution in [1.29, 1.82) is 0 Å². The molecule has 0 aromatic carbocycles. The van der Waals surface area contributed by atoms with Crippen molar-refractivity contribution in [2.24, 2.45) is 0 Å². The number of hydrogen-bond donors (Lipinski definition) is 1. The maximum Gasteiger partial charge on any atom is 0.390 e. The van der Waals surface area contributed by atoms with Crippen molar-refractivity contribution >= 4 is 12.4 Å². The highest BCUT2D eigenvalue weighted by Crippen LogP contribution is 2.17. The summed E-state index contributed by atoms with van der Waals surface area (Å²) < 4.78 is 34.0. The van der Waals surface area contributed by atoms with Gasteiger partial charge in [0.1, 0.15) is 0 Å². The second-order valence-corrected chi connectivity index (χ2v) is 1.72. The Balaban J connectivity index is 0. The van der Waals surface area contributed by atoms with Gasteiger partial charge in [-0.3, -0.25) is 0 Å². The van der Waals surface area contributed by atoms with Crippen LogP contribution in [-0.2, 0) is 0 Å². The Morgan fingerprint density at radius 3 is 2.10 bits per heavy atom. The topological polar surface area (TPSA) is 12.0 Å². The lowest BCUT2D eigenvalue weighted by Crippen LogP contribution is -2.21. The molecule has 0 rings (SSSR count). The Morgan fingerprint density at radius 1 is 1.30 bits per heavy atom. The molecule has 0 unspecified atom stereocenters. The largest absolute Gasteiger partial charge is 0.390 e. The number of hydrogen-bond acceptors (Lipinski definition) is 1. The molecule has 0 aromatic heterocycles. The van der Waals surface area contributed by atoms with Crippen LogP contribution in [0.1, 0.15) is 13.3 Å². The summed E-state index contributed by atoms with van der Waals surface area (Å²) in [6, 6.07) is 0. The van der Waals surface area contributed by atoms with E-state index in [0.717, 1.165) is 0 Å². The van der Waals surface area contributed by atoms with Gasteiger partial charge in [-0.05, 0) is 6.54 Å². The lowest BCUT2D eigenvalue weighted by Gasteiger charge is -2.04. The van der Waals surface area contributed by atoms with Crippen molar-refractivity contribution in [2.45, 2.75) is 19.5 Å². The summed E-state index contributed by atoms with van der Waals surface area (Å²) in [5.74, 6) is 0. The highest BCUT2D eigenvalue weighted by Gasteiger charge is 2.25. The predicted octanol–water partition coefficient (Wildman–Crippen LogP) is 1.97. The quantitative estimate of drug-likeness (QED) is 0.650. The van der Waals surface area contributed by atoms with Crippen LogP contribution in [0.2, 0.25) is 0 Å². The fourth-order valence-electron chi connectivity index (χ4n) is 0.407. The summed E-state index contributed by atoms with van der Waals surface area (Å²) in [6.45, 7) is 2.40. The van der Waals surface area contributed by atoms with Gasteiger partial charge in [-0.1, -0.05) is 6.92 Å². The monoisotopic (exact) mass is 177 g/mol. The fraction of sp³-hybridized carbons (Fsp3) is 1.00. The van der Waals surface area contributed by atoms with Gasteiger partial charge in [-0.2, -0.15) is 13.2 Å². The minimum absolute atomic E-state index is 0. The third-order valence-electron chi connectivity index (χ3n) is 0.835. The lowest BCUT2D eigenvalue weighted by molar-refractivity contribution is -0.133. The van der Waals surface area contributed by atoms with Crippen LogP contribution in [0.15, 0.2) is 0 Å². The highest BCUT2D eigenvalue weighted by atomic mass is 35.5. The van der Waals surface area contributed by atoms with Gasteiger partial charge < -0.3 is 5.32 Å². The minimum atomic E-state index is -4.01. The van der Waals surface area contributed by atoms with E-state index in [9.17, 15) is 13.2 Å². The summed E-state index contributed by atoms with van der Waals surface area (Å²) in [7, 11) is 0. The van der Waals surface area contributed by atoms with Gasteiger partial charge in [-0.15, -0.1) is 12.4 Å². The van der Waals surface area contributed by atoms with Crippen molar-refractivity contribution in [3.63, 3.8) is 0 Å². The normalized spacial score (nSPS) is 10.8. The molecule has 0 spiro atoms. The molecular formula is C5H11ClF3N. The van der Waals surface area contributed by atoms with Gasteiger partial charge in [0, 0.05) is 6.54 Å². The third kappa shape index (κ3) is 10.9. The first-order chi connectivity index (χ1) is 4.06. The summed E-state index contributed by atoms with van der Waals surface area (Å²) in [4.78, 5) is 0. The van der Waals surface area contributed by atoms with Gasteiger partial charge >= 0.3 is 6.18 Å². The van der Waals surface area contributed by atoms with Gasteiger partial charge in [0.2, 0.25) is 0 Å². The van der Waals surface area contributed by atoms with Crippen LogP contribution >= 0.6 is 12.4 Å². The van der Waals surface area contributed by atoms with E-state index in [0.29, 0.717) is 6.54 Å². The average molecular weight is 178 g/mol. The van der Waals surface area contributed by atoms with E-state index >= 15 is 0 Å². The molecule has 0 bridgehead atoms. The van der Waals surface area contributed by atoms with Crippen molar-refractivity contribution in [3.05, 3.63) is 0 Å². The lowest BCUT2D eigenvalue weighted by atomic mass is 10.4. The van der Waals surface area contributed by atoms with Crippen LogP contribution in [0.5, 0.6) is 0 Å². The molecule has 0 heterocycles. The summed E-state index contributed by atoms with van der Waals surface area (Å²) >= 11 is 0. The van der Waals surface area contributed by atoms with Gasteiger partial charge in [0.15, 0.2) is 0 Å². The molecule has 0 atom stereocenters. The molecule has 1 nitrogen and oxygen atoms in total. The van der Waals surface area contributed by atoms with Crippen molar-refractivity contribution in [1.82, 2.24) is 5.32 Å². The molecule has 0 fully saturated rings. The fourth-order valence-corrected chi connectivity index (χ4v) is 0.407. The maximum absolute atomic E-state index is 11.3. The molecule has 0 aromatic rings. The Bertz CT molecular complexity index is 73.8. The van der Waals surface area contributed by atoms with Crippen molar-refractivity contribution in [2.75, 3.05) is 13.1 Å². The number of halogens is 4. The summed E-state index contributed by atoms with van der Waals surface area (Å²) in [6.07, 6.45) is -4.75. The SMILES string of the molecule is CCNCCC(F)(F)F.Cl. The van der Waals surface area contributed by atoms with E-state index in [1.165, 1.54) is 0 Å². The molecule has 0 aliphatic rings. The van der Waals surface area contributed by atoms with Crippen LogP contribution < -0.4 is 5.32 Å². The predicted molar refractivity (Wildman–Crippen MR) is 36.5 cm³/mol. The molecule has 0 aliphatic carbocycles. The van der Waals surface area contributed by atoms with Crippen molar-refractivity contribution in [3.8, 4) is 0 Å². The molecule has 0 radical (unpaired) electrons. The van der Waals surface area contributed by atoms with Crippen molar-refractivity contribution < 1.29 is 13.2 Å². The zero-order valence-electron chi connectivity index (χ0n) is 5.66. The van der Waals surface area contributed by atoms with Gasteiger partial charge in [0.25, 0.3) is 0 Å². The molecule has 1 N–H and O–H groups in total. The number of rotatable bonds is 3. The minimum Gasteiger partial charge on any atom is -0.317 e. The Morgan fingerprint density at radius 2 is 1.80 bits per heavy atom. The Kier molecular flexibility index (Phi) is 7.36. The molecule has 5 heteroatoms. The first-order valence-electron chi connectivity index (χ1n) is 2.83. The molecule has 0 saturated carbocycles.